The molecule has 2 unspecified atom stereocenters. The van der Waals surface area contributed by atoms with Gasteiger partial charge in [0.25, 0.3) is 10.1 Å². The van der Waals surface area contributed by atoms with E-state index in [0.29, 0.717) is 13.0 Å². The molecule has 0 bridgehead atoms. The van der Waals surface area contributed by atoms with Crippen LogP contribution in [0.3, 0.4) is 0 Å². The molecule has 9 heteroatoms. The molecule has 29 heavy (non-hydrogen) atoms. The third-order valence-electron chi connectivity index (χ3n) is 4.41. The number of likely N-dealkylation sites (tertiary alicyclic amines) is 1. The van der Waals surface area contributed by atoms with Crippen LogP contribution in [-0.2, 0) is 35.2 Å². The van der Waals surface area contributed by atoms with Crippen molar-refractivity contribution in [1.82, 2.24) is 4.90 Å². The van der Waals surface area contributed by atoms with Crippen molar-refractivity contribution in [2.45, 2.75) is 39.4 Å². The zero-order chi connectivity index (χ0) is 21.7. The Hall–Kier alpha value is -2.13. The average molecular weight is 428 g/mol. The second-order valence-corrected chi connectivity index (χ2v) is 9.81. The Morgan fingerprint density at radius 2 is 1.83 bits per heavy atom. The first-order valence-corrected chi connectivity index (χ1v) is 11.3. The number of benzene rings is 1. The van der Waals surface area contributed by atoms with Gasteiger partial charge in [-0.3, -0.25) is 8.98 Å². The van der Waals surface area contributed by atoms with Gasteiger partial charge < -0.3 is 14.4 Å². The van der Waals surface area contributed by atoms with Gasteiger partial charge in [-0.25, -0.2) is 4.79 Å². The maximum atomic E-state index is 12.6. The molecule has 0 aliphatic carbocycles. The summed E-state index contributed by atoms with van der Waals surface area (Å²) in [5.74, 6) is -1.52. The van der Waals surface area contributed by atoms with E-state index in [-0.39, 0.29) is 19.8 Å². The molecule has 1 aromatic carbocycles. The van der Waals surface area contributed by atoms with Gasteiger partial charge in [0, 0.05) is 19.0 Å². The molecular weight excluding hydrogens is 398 g/mol. The summed E-state index contributed by atoms with van der Waals surface area (Å²) in [6.45, 7) is 5.69. The van der Waals surface area contributed by atoms with Gasteiger partial charge in [-0.1, -0.05) is 30.3 Å². The summed E-state index contributed by atoms with van der Waals surface area (Å²) in [5.41, 5.74) is 0.206. The van der Waals surface area contributed by atoms with Gasteiger partial charge >= 0.3 is 12.1 Å². The zero-order valence-corrected chi connectivity index (χ0v) is 18.1. The number of nitrogens with zero attached hydrogens (tertiary/aromatic N) is 1. The van der Waals surface area contributed by atoms with Crippen molar-refractivity contribution in [3.63, 3.8) is 0 Å². The van der Waals surface area contributed by atoms with Crippen LogP contribution in [0.2, 0.25) is 0 Å². The SMILES string of the molecule is CC(C)(C)OC(=O)N1CCC(C(=O)OCc2ccccc2)C(COS(C)(=O)=O)C1. The van der Waals surface area contributed by atoms with Gasteiger partial charge in [-0.2, -0.15) is 8.42 Å². The predicted molar refractivity (Wildman–Crippen MR) is 106 cm³/mol. The fraction of sp³-hybridized carbons (Fsp3) is 0.600. The first-order chi connectivity index (χ1) is 13.4. The van der Waals surface area contributed by atoms with Crippen LogP contribution >= 0.6 is 0 Å². The number of rotatable bonds is 6. The maximum absolute atomic E-state index is 12.6. The van der Waals surface area contributed by atoms with E-state index in [1.165, 1.54) is 4.90 Å². The lowest BCUT2D eigenvalue weighted by Gasteiger charge is -2.37. The molecule has 2 rings (SSSR count). The Morgan fingerprint density at radius 3 is 2.41 bits per heavy atom. The predicted octanol–water partition coefficient (Wildman–Crippen LogP) is 2.58. The largest absolute Gasteiger partial charge is 0.461 e. The molecule has 2 atom stereocenters. The molecule has 162 valence electrons. The summed E-state index contributed by atoms with van der Waals surface area (Å²) in [6, 6.07) is 9.28. The molecular formula is C20H29NO7S. The van der Waals surface area contributed by atoms with Crippen LogP contribution in [0.4, 0.5) is 4.79 Å². The molecule has 1 aliphatic rings. The number of carbonyl (C=O) groups is 2. The Bertz CT molecular complexity index is 802. The molecule has 1 aliphatic heterocycles. The number of hydrogen-bond donors (Lipinski definition) is 0. The Labute approximate surface area is 172 Å². The van der Waals surface area contributed by atoms with Crippen molar-refractivity contribution >= 4 is 22.2 Å². The zero-order valence-electron chi connectivity index (χ0n) is 17.3. The summed E-state index contributed by atoms with van der Waals surface area (Å²) in [7, 11) is -3.68. The number of piperidine rings is 1. The van der Waals surface area contributed by atoms with Crippen LogP contribution in [0.25, 0.3) is 0 Å². The molecule has 1 heterocycles. The Balaban J connectivity index is 2.04. The lowest BCUT2D eigenvalue weighted by molar-refractivity contribution is -0.154. The molecule has 1 aromatic rings. The number of ether oxygens (including phenoxy) is 2. The van der Waals surface area contributed by atoms with E-state index in [4.69, 9.17) is 13.7 Å². The number of hydrogen-bond acceptors (Lipinski definition) is 7. The van der Waals surface area contributed by atoms with Crippen LogP contribution in [0.15, 0.2) is 30.3 Å². The summed E-state index contributed by atoms with van der Waals surface area (Å²) in [5, 5.41) is 0. The lowest BCUT2D eigenvalue weighted by atomic mass is 9.86. The quantitative estimate of drug-likeness (QED) is 0.508. The van der Waals surface area contributed by atoms with E-state index >= 15 is 0 Å². The third-order valence-corrected chi connectivity index (χ3v) is 4.97. The van der Waals surface area contributed by atoms with Crippen LogP contribution < -0.4 is 0 Å². The molecule has 0 spiro atoms. The van der Waals surface area contributed by atoms with Gasteiger partial charge in [0.05, 0.1) is 18.8 Å². The number of esters is 1. The van der Waals surface area contributed by atoms with Crippen LogP contribution in [0.1, 0.15) is 32.8 Å². The molecule has 0 aromatic heterocycles. The second kappa shape index (κ2) is 9.58. The van der Waals surface area contributed by atoms with Crippen molar-refractivity contribution in [3.05, 3.63) is 35.9 Å². The third kappa shape index (κ3) is 8.02. The summed E-state index contributed by atoms with van der Waals surface area (Å²) in [4.78, 5) is 26.5. The van der Waals surface area contributed by atoms with Gasteiger partial charge in [-0.05, 0) is 32.8 Å². The Morgan fingerprint density at radius 1 is 1.17 bits per heavy atom. The van der Waals surface area contributed by atoms with E-state index in [1.54, 1.807) is 20.8 Å². The van der Waals surface area contributed by atoms with Crippen molar-refractivity contribution in [1.29, 1.82) is 0 Å². The molecule has 1 saturated heterocycles. The highest BCUT2D eigenvalue weighted by Crippen LogP contribution is 2.27. The van der Waals surface area contributed by atoms with Gasteiger partial charge in [-0.15, -0.1) is 0 Å². The van der Waals surface area contributed by atoms with Crippen molar-refractivity contribution < 1.29 is 31.7 Å². The number of carbonyl (C=O) groups excluding carboxylic acids is 2. The lowest BCUT2D eigenvalue weighted by Crippen LogP contribution is -2.49. The molecule has 0 saturated carbocycles. The normalized spacial score (nSPS) is 20.2. The van der Waals surface area contributed by atoms with Crippen LogP contribution in [0, 0.1) is 11.8 Å². The highest BCUT2D eigenvalue weighted by atomic mass is 32.2. The maximum Gasteiger partial charge on any atom is 0.410 e. The standard InChI is InChI=1S/C20H29NO7S/c1-20(2,3)28-19(23)21-11-10-17(16(12-21)14-27-29(4,24)25)18(22)26-13-15-8-6-5-7-9-15/h5-9,16-17H,10-14H2,1-4H3. The van der Waals surface area contributed by atoms with Crippen molar-refractivity contribution in [2.75, 3.05) is 26.0 Å². The summed E-state index contributed by atoms with van der Waals surface area (Å²) in [6.07, 6.45) is 0.785. The fourth-order valence-electron chi connectivity index (χ4n) is 3.05. The second-order valence-electron chi connectivity index (χ2n) is 8.16. The minimum absolute atomic E-state index is 0.131. The molecule has 1 amide bonds. The average Bonchev–Trinajstić information content (AvgIpc) is 2.63. The van der Waals surface area contributed by atoms with Crippen LogP contribution in [-0.4, -0.2) is 56.9 Å². The van der Waals surface area contributed by atoms with E-state index in [1.807, 2.05) is 30.3 Å². The van der Waals surface area contributed by atoms with Crippen LogP contribution in [0.5, 0.6) is 0 Å². The first kappa shape index (κ1) is 23.2. The molecule has 8 nitrogen and oxygen atoms in total. The molecule has 0 radical (unpaired) electrons. The molecule has 0 N–H and O–H groups in total. The van der Waals surface area contributed by atoms with Crippen molar-refractivity contribution in [2.24, 2.45) is 11.8 Å². The van der Waals surface area contributed by atoms with Gasteiger partial charge in [0.15, 0.2) is 0 Å². The van der Waals surface area contributed by atoms with Crippen molar-refractivity contribution in [3.8, 4) is 0 Å². The topological polar surface area (TPSA) is 99.2 Å². The fourth-order valence-corrected chi connectivity index (χ4v) is 3.47. The minimum Gasteiger partial charge on any atom is -0.461 e. The highest BCUT2D eigenvalue weighted by Gasteiger charge is 2.38. The summed E-state index contributed by atoms with van der Waals surface area (Å²) >= 11 is 0. The van der Waals surface area contributed by atoms with E-state index < -0.39 is 39.6 Å². The summed E-state index contributed by atoms with van der Waals surface area (Å²) < 4.78 is 38.6. The minimum atomic E-state index is -3.68. The van der Waals surface area contributed by atoms with Gasteiger partial charge in [0.1, 0.15) is 12.2 Å². The first-order valence-electron chi connectivity index (χ1n) is 9.47. The highest BCUT2D eigenvalue weighted by molar-refractivity contribution is 7.85. The monoisotopic (exact) mass is 427 g/mol. The van der Waals surface area contributed by atoms with E-state index in [9.17, 15) is 18.0 Å². The Kier molecular flexibility index (Phi) is 7.65. The van der Waals surface area contributed by atoms with Gasteiger partial charge in [0.2, 0.25) is 0 Å². The smallest absolute Gasteiger partial charge is 0.410 e. The van der Waals surface area contributed by atoms with E-state index in [0.717, 1.165) is 11.8 Å². The van der Waals surface area contributed by atoms with E-state index in [2.05, 4.69) is 0 Å². The molecule has 1 fully saturated rings. The number of amides is 1.